The van der Waals surface area contributed by atoms with Crippen molar-refractivity contribution >= 4 is 6.21 Å². The predicted molar refractivity (Wildman–Crippen MR) is 67.7 cm³/mol. The van der Waals surface area contributed by atoms with Gasteiger partial charge in [-0.05, 0) is 25.3 Å². The van der Waals surface area contributed by atoms with Gasteiger partial charge in [-0.1, -0.05) is 36.8 Å². The van der Waals surface area contributed by atoms with Crippen LogP contribution in [-0.2, 0) is 0 Å². The third-order valence-electron chi connectivity index (χ3n) is 2.60. The summed E-state index contributed by atoms with van der Waals surface area (Å²) >= 11 is 0. The van der Waals surface area contributed by atoms with Crippen LogP contribution in [0.4, 0.5) is 0 Å². The molecule has 1 aromatic rings. The molecule has 0 saturated carbocycles. The zero-order chi connectivity index (χ0) is 11.8. The highest BCUT2D eigenvalue weighted by molar-refractivity contribution is 5.79. The lowest BCUT2D eigenvalue weighted by Gasteiger charge is -2.01. The molecule has 0 amide bonds. The average molecular weight is 214 g/mol. The molecule has 0 fully saturated rings. The Morgan fingerprint density at radius 3 is 2.62 bits per heavy atom. The van der Waals surface area contributed by atoms with Gasteiger partial charge in [-0.3, -0.25) is 4.99 Å². The Bertz CT molecular complexity index is 371. The van der Waals surface area contributed by atoms with Gasteiger partial charge in [0.1, 0.15) is 0 Å². The van der Waals surface area contributed by atoms with Crippen molar-refractivity contribution in [3.05, 3.63) is 35.4 Å². The maximum Gasteiger partial charge on any atom is 0.0656 e. The molecule has 0 radical (unpaired) electrons. The third-order valence-corrected chi connectivity index (χ3v) is 2.60. The van der Waals surface area contributed by atoms with Crippen LogP contribution in [0.15, 0.2) is 29.3 Å². The van der Waals surface area contributed by atoms with Gasteiger partial charge in [0.05, 0.1) is 6.07 Å². The second-order valence-corrected chi connectivity index (χ2v) is 3.97. The lowest BCUT2D eigenvalue weighted by molar-refractivity contribution is 0.594. The number of hydrogen-bond acceptors (Lipinski definition) is 2. The van der Waals surface area contributed by atoms with E-state index in [2.05, 4.69) is 42.3 Å². The highest BCUT2D eigenvalue weighted by atomic mass is 14.7. The Kier molecular flexibility index (Phi) is 5.28. The van der Waals surface area contributed by atoms with Crippen LogP contribution in [0.1, 0.15) is 30.9 Å². The highest BCUT2D eigenvalue weighted by Crippen LogP contribution is 2.06. The molecule has 0 aliphatic carbocycles. The van der Waals surface area contributed by atoms with E-state index in [-0.39, 0.29) is 5.92 Å². The quantitative estimate of drug-likeness (QED) is 0.692. The van der Waals surface area contributed by atoms with E-state index in [1.807, 2.05) is 13.1 Å². The number of nitrogens with zero attached hydrogens (tertiary/aromatic N) is 2. The Hall–Kier alpha value is -1.62. The molecule has 0 bridgehead atoms. The molecule has 1 unspecified atom stereocenters. The lowest BCUT2D eigenvalue weighted by Crippen LogP contribution is -1.97. The van der Waals surface area contributed by atoms with Gasteiger partial charge < -0.3 is 0 Å². The third kappa shape index (κ3) is 4.27. The van der Waals surface area contributed by atoms with Crippen molar-refractivity contribution in [3.8, 4) is 6.07 Å². The van der Waals surface area contributed by atoms with Crippen LogP contribution in [0.3, 0.4) is 0 Å². The van der Waals surface area contributed by atoms with Crippen molar-refractivity contribution in [2.24, 2.45) is 10.9 Å². The summed E-state index contributed by atoms with van der Waals surface area (Å²) in [5.41, 5.74) is 2.38. The molecule has 84 valence electrons. The number of rotatable bonds is 5. The van der Waals surface area contributed by atoms with Crippen molar-refractivity contribution in [2.45, 2.75) is 26.7 Å². The molecule has 1 rings (SSSR count). The fourth-order valence-electron chi connectivity index (χ4n) is 1.41. The summed E-state index contributed by atoms with van der Waals surface area (Å²) in [6, 6.07) is 10.5. The Balaban J connectivity index is 2.38. The van der Waals surface area contributed by atoms with Crippen molar-refractivity contribution in [1.82, 2.24) is 0 Å². The van der Waals surface area contributed by atoms with E-state index in [0.717, 1.165) is 24.9 Å². The average Bonchev–Trinajstić information content (AvgIpc) is 2.32. The minimum atomic E-state index is 0.148. The highest BCUT2D eigenvalue weighted by Gasteiger charge is 2.01. The number of benzene rings is 1. The van der Waals surface area contributed by atoms with Crippen LogP contribution in [0.2, 0.25) is 0 Å². The first kappa shape index (κ1) is 12.4. The molecule has 0 spiro atoms. The van der Waals surface area contributed by atoms with Crippen molar-refractivity contribution < 1.29 is 0 Å². The lowest BCUT2D eigenvalue weighted by atomic mass is 10.1. The van der Waals surface area contributed by atoms with Gasteiger partial charge in [-0.2, -0.15) is 5.26 Å². The Morgan fingerprint density at radius 2 is 2.06 bits per heavy atom. The normalized spacial score (nSPS) is 12.6. The molecule has 0 saturated heterocycles. The second-order valence-electron chi connectivity index (χ2n) is 3.97. The summed E-state index contributed by atoms with van der Waals surface area (Å²) in [7, 11) is 0. The van der Waals surface area contributed by atoms with Crippen molar-refractivity contribution in [1.29, 1.82) is 5.26 Å². The molecule has 2 heteroatoms. The van der Waals surface area contributed by atoms with Crippen LogP contribution in [0.5, 0.6) is 0 Å². The molecule has 2 nitrogen and oxygen atoms in total. The van der Waals surface area contributed by atoms with Crippen LogP contribution in [0, 0.1) is 24.2 Å². The largest absolute Gasteiger partial charge is 0.293 e. The molecule has 0 aliphatic heterocycles. The number of nitriles is 1. The summed E-state index contributed by atoms with van der Waals surface area (Å²) in [6.45, 7) is 4.84. The van der Waals surface area contributed by atoms with Gasteiger partial charge in [0.25, 0.3) is 0 Å². The van der Waals surface area contributed by atoms with Crippen molar-refractivity contribution in [2.75, 3.05) is 6.54 Å². The Labute approximate surface area is 97.6 Å². The van der Waals surface area contributed by atoms with E-state index in [4.69, 9.17) is 5.26 Å². The summed E-state index contributed by atoms with van der Waals surface area (Å²) in [4.78, 5) is 4.33. The van der Waals surface area contributed by atoms with E-state index in [1.165, 1.54) is 5.56 Å². The van der Waals surface area contributed by atoms with Crippen LogP contribution >= 0.6 is 0 Å². The Morgan fingerprint density at radius 1 is 1.38 bits per heavy atom. The first-order chi connectivity index (χ1) is 7.76. The molecule has 1 atom stereocenters. The van der Waals surface area contributed by atoms with Crippen LogP contribution in [0.25, 0.3) is 0 Å². The minimum absolute atomic E-state index is 0.148. The molecular formula is C14H18N2. The summed E-state index contributed by atoms with van der Waals surface area (Å²) in [6.07, 6.45) is 3.65. The SMILES string of the molecule is CCC(C#N)CC/N=C/c1ccc(C)cc1. The van der Waals surface area contributed by atoms with Crippen LogP contribution < -0.4 is 0 Å². The van der Waals surface area contributed by atoms with Gasteiger partial charge in [0.2, 0.25) is 0 Å². The van der Waals surface area contributed by atoms with Gasteiger partial charge in [0, 0.05) is 18.7 Å². The maximum atomic E-state index is 8.77. The molecule has 0 aliphatic rings. The zero-order valence-electron chi connectivity index (χ0n) is 9.98. The second kappa shape index (κ2) is 6.79. The predicted octanol–water partition coefficient (Wildman–Crippen LogP) is 3.35. The van der Waals surface area contributed by atoms with Crippen LogP contribution in [-0.4, -0.2) is 12.8 Å². The van der Waals surface area contributed by atoms with E-state index in [1.54, 1.807) is 0 Å². The number of aryl methyl sites for hydroxylation is 1. The molecule has 0 N–H and O–H groups in total. The molecule has 16 heavy (non-hydrogen) atoms. The summed E-state index contributed by atoms with van der Waals surface area (Å²) < 4.78 is 0. The topological polar surface area (TPSA) is 36.1 Å². The van der Waals surface area contributed by atoms with Gasteiger partial charge in [-0.15, -0.1) is 0 Å². The van der Waals surface area contributed by atoms with E-state index in [9.17, 15) is 0 Å². The fraction of sp³-hybridized carbons (Fsp3) is 0.429. The van der Waals surface area contributed by atoms with E-state index >= 15 is 0 Å². The molecule has 0 aromatic heterocycles. The monoisotopic (exact) mass is 214 g/mol. The summed E-state index contributed by atoms with van der Waals surface area (Å²) in [5.74, 6) is 0.148. The molecule has 0 heterocycles. The molecular weight excluding hydrogens is 196 g/mol. The van der Waals surface area contributed by atoms with E-state index in [0.29, 0.717) is 0 Å². The van der Waals surface area contributed by atoms with Gasteiger partial charge >= 0.3 is 0 Å². The fourth-order valence-corrected chi connectivity index (χ4v) is 1.41. The first-order valence-corrected chi connectivity index (χ1v) is 5.72. The summed E-state index contributed by atoms with van der Waals surface area (Å²) in [5, 5.41) is 8.77. The first-order valence-electron chi connectivity index (χ1n) is 5.72. The van der Waals surface area contributed by atoms with Crippen molar-refractivity contribution in [3.63, 3.8) is 0 Å². The maximum absolute atomic E-state index is 8.77. The van der Waals surface area contributed by atoms with Gasteiger partial charge in [0.15, 0.2) is 0 Å². The number of aliphatic imine (C=N–C) groups is 1. The standard InChI is InChI=1S/C14H18N2/c1-3-13(10-15)8-9-16-11-14-6-4-12(2)5-7-14/h4-7,11,13H,3,8-9H2,1-2H3/b16-11+. The van der Waals surface area contributed by atoms with Gasteiger partial charge in [-0.25, -0.2) is 0 Å². The number of hydrogen-bond donors (Lipinski definition) is 0. The smallest absolute Gasteiger partial charge is 0.0656 e. The minimum Gasteiger partial charge on any atom is -0.293 e. The molecule has 1 aromatic carbocycles. The van der Waals surface area contributed by atoms with E-state index < -0.39 is 0 Å². The zero-order valence-corrected chi connectivity index (χ0v) is 9.98.